The number of rotatable bonds is 3. The van der Waals surface area contributed by atoms with Gasteiger partial charge in [0.25, 0.3) is 0 Å². The van der Waals surface area contributed by atoms with Crippen LogP contribution in [0.2, 0.25) is 0 Å². The summed E-state index contributed by atoms with van der Waals surface area (Å²) in [5.74, 6) is 0. The summed E-state index contributed by atoms with van der Waals surface area (Å²) in [6, 6.07) is 6.11. The number of nitrogens with one attached hydrogen (secondary N) is 2. The molecule has 18 heavy (non-hydrogen) atoms. The molecule has 1 aromatic heterocycles. The highest BCUT2D eigenvalue weighted by molar-refractivity contribution is 5.81. The molecule has 1 fully saturated rings. The maximum absolute atomic E-state index is 11.5. The van der Waals surface area contributed by atoms with Gasteiger partial charge in [-0.25, -0.2) is 4.79 Å². The van der Waals surface area contributed by atoms with Crippen molar-refractivity contribution in [3.8, 4) is 0 Å². The summed E-state index contributed by atoms with van der Waals surface area (Å²) in [7, 11) is 0. The summed E-state index contributed by atoms with van der Waals surface area (Å²) in [6.45, 7) is 2.40. The van der Waals surface area contributed by atoms with Crippen LogP contribution in [0.25, 0.3) is 11.0 Å². The molecule has 5 heteroatoms. The number of urea groups is 1. The number of nitrogens with zero attached hydrogens (tertiary/aromatic N) is 1. The number of amides is 2. The van der Waals surface area contributed by atoms with E-state index in [1.807, 2.05) is 25.1 Å². The lowest BCUT2D eigenvalue weighted by molar-refractivity contribution is 0.240. The van der Waals surface area contributed by atoms with Crippen LogP contribution < -0.4 is 10.6 Å². The third-order valence-corrected chi connectivity index (χ3v) is 3.03. The third kappa shape index (κ3) is 2.30. The fourth-order valence-corrected chi connectivity index (χ4v) is 1.86. The molecule has 1 aromatic carbocycles. The molecule has 0 aliphatic heterocycles. The van der Waals surface area contributed by atoms with Crippen LogP contribution in [0.15, 0.2) is 22.7 Å². The average Bonchev–Trinajstić information content (AvgIpc) is 3.06. The fourth-order valence-electron chi connectivity index (χ4n) is 1.86. The van der Waals surface area contributed by atoms with E-state index >= 15 is 0 Å². The summed E-state index contributed by atoms with van der Waals surface area (Å²) in [4.78, 5) is 11.5. The fraction of sp³-hybridized carbons (Fsp3) is 0.385. The van der Waals surface area contributed by atoms with Crippen LogP contribution in [-0.4, -0.2) is 17.2 Å². The average molecular weight is 245 g/mol. The highest BCUT2D eigenvalue weighted by Crippen LogP contribution is 2.20. The van der Waals surface area contributed by atoms with Gasteiger partial charge >= 0.3 is 6.03 Å². The quantitative estimate of drug-likeness (QED) is 0.870. The first-order valence-corrected chi connectivity index (χ1v) is 6.11. The van der Waals surface area contributed by atoms with Crippen LogP contribution in [0.1, 0.15) is 24.1 Å². The number of hydrogen-bond acceptors (Lipinski definition) is 3. The van der Waals surface area contributed by atoms with Gasteiger partial charge in [-0.3, -0.25) is 0 Å². The van der Waals surface area contributed by atoms with Crippen molar-refractivity contribution in [2.24, 2.45) is 0 Å². The monoisotopic (exact) mass is 245 g/mol. The number of carbonyl (C=O) groups excluding carboxylic acids is 1. The molecule has 0 radical (unpaired) electrons. The molecule has 0 saturated heterocycles. The van der Waals surface area contributed by atoms with Crippen LogP contribution in [-0.2, 0) is 6.54 Å². The van der Waals surface area contributed by atoms with Crippen molar-refractivity contribution in [1.29, 1.82) is 0 Å². The van der Waals surface area contributed by atoms with Gasteiger partial charge in [0.1, 0.15) is 5.69 Å². The predicted octanol–water partition coefficient (Wildman–Crippen LogP) is 2.10. The molecule has 2 aromatic rings. The van der Waals surface area contributed by atoms with Crippen molar-refractivity contribution < 1.29 is 9.32 Å². The Labute approximate surface area is 105 Å². The molecule has 94 valence electrons. The van der Waals surface area contributed by atoms with Gasteiger partial charge in [0.05, 0.1) is 6.54 Å². The van der Waals surface area contributed by atoms with Crippen LogP contribution in [0.4, 0.5) is 4.79 Å². The molecule has 0 atom stereocenters. The summed E-state index contributed by atoms with van der Waals surface area (Å²) in [5, 5.41) is 10.6. The Bertz CT molecular complexity index is 587. The Morgan fingerprint density at radius 2 is 2.33 bits per heavy atom. The maximum atomic E-state index is 11.5. The molecule has 1 aliphatic carbocycles. The topological polar surface area (TPSA) is 67.2 Å². The SMILES string of the molecule is Cc1ccc2onc(CNC(=O)NC3CC3)c2c1. The molecule has 1 heterocycles. The van der Waals surface area contributed by atoms with Crippen molar-refractivity contribution in [3.63, 3.8) is 0 Å². The Hall–Kier alpha value is -2.04. The first kappa shape index (κ1) is 11.1. The largest absolute Gasteiger partial charge is 0.356 e. The summed E-state index contributed by atoms with van der Waals surface area (Å²) in [5.41, 5.74) is 2.66. The van der Waals surface area contributed by atoms with E-state index in [1.165, 1.54) is 0 Å². The zero-order valence-corrected chi connectivity index (χ0v) is 10.2. The lowest BCUT2D eigenvalue weighted by Gasteiger charge is -2.04. The first-order valence-electron chi connectivity index (χ1n) is 6.11. The standard InChI is InChI=1S/C13H15N3O2/c1-8-2-5-12-10(6-8)11(16-18-12)7-14-13(17)15-9-3-4-9/h2,5-6,9H,3-4,7H2,1H3,(H2,14,15,17). The first-order chi connectivity index (χ1) is 8.72. The van der Waals surface area contributed by atoms with E-state index in [2.05, 4.69) is 15.8 Å². The number of aromatic nitrogens is 1. The smallest absolute Gasteiger partial charge is 0.315 e. The summed E-state index contributed by atoms with van der Waals surface area (Å²) >= 11 is 0. The lowest BCUT2D eigenvalue weighted by atomic mass is 10.1. The van der Waals surface area contributed by atoms with Crippen molar-refractivity contribution in [2.75, 3.05) is 0 Å². The van der Waals surface area contributed by atoms with Gasteiger partial charge in [0.15, 0.2) is 5.58 Å². The molecule has 2 N–H and O–H groups in total. The summed E-state index contributed by atoms with van der Waals surface area (Å²) < 4.78 is 5.21. The number of aryl methyl sites for hydroxylation is 1. The number of hydrogen-bond donors (Lipinski definition) is 2. The normalized spacial score (nSPS) is 14.7. The minimum absolute atomic E-state index is 0.138. The molecule has 3 rings (SSSR count). The van der Waals surface area contributed by atoms with Crippen LogP contribution in [0, 0.1) is 6.92 Å². The molecule has 0 unspecified atom stereocenters. The van der Waals surface area contributed by atoms with Gasteiger partial charge in [0, 0.05) is 11.4 Å². The van der Waals surface area contributed by atoms with Gasteiger partial charge in [-0.1, -0.05) is 16.8 Å². The zero-order valence-electron chi connectivity index (χ0n) is 10.2. The highest BCUT2D eigenvalue weighted by Gasteiger charge is 2.23. The Morgan fingerprint density at radius 1 is 1.50 bits per heavy atom. The van der Waals surface area contributed by atoms with Crippen molar-refractivity contribution in [2.45, 2.75) is 32.4 Å². The molecule has 1 aliphatic rings. The Balaban J connectivity index is 1.69. The summed E-state index contributed by atoms with van der Waals surface area (Å²) in [6.07, 6.45) is 2.17. The van der Waals surface area contributed by atoms with E-state index in [4.69, 9.17) is 4.52 Å². The second kappa shape index (κ2) is 4.33. The minimum Gasteiger partial charge on any atom is -0.356 e. The van der Waals surface area contributed by atoms with E-state index in [-0.39, 0.29) is 6.03 Å². The molecule has 0 bridgehead atoms. The van der Waals surface area contributed by atoms with Gasteiger partial charge in [-0.05, 0) is 31.9 Å². The van der Waals surface area contributed by atoms with E-state index < -0.39 is 0 Å². The molecule has 5 nitrogen and oxygen atoms in total. The predicted molar refractivity (Wildman–Crippen MR) is 67.1 cm³/mol. The van der Waals surface area contributed by atoms with Crippen LogP contribution in [0.3, 0.4) is 0 Å². The highest BCUT2D eigenvalue weighted by atomic mass is 16.5. The second-order valence-corrected chi connectivity index (χ2v) is 4.73. The van der Waals surface area contributed by atoms with Crippen molar-refractivity contribution >= 4 is 17.0 Å². The van der Waals surface area contributed by atoms with Gasteiger partial charge in [-0.2, -0.15) is 0 Å². The van der Waals surface area contributed by atoms with E-state index in [0.717, 1.165) is 35.1 Å². The molecular weight excluding hydrogens is 230 g/mol. The van der Waals surface area contributed by atoms with Crippen LogP contribution >= 0.6 is 0 Å². The van der Waals surface area contributed by atoms with E-state index in [1.54, 1.807) is 0 Å². The lowest BCUT2D eigenvalue weighted by Crippen LogP contribution is -2.36. The number of fused-ring (bicyclic) bond motifs is 1. The van der Waals surface area contributed by atoms with Crippen molar-refractivity contribution in [1.82, 2.24) is 15.8 Å². The van der Waals surface area contributed by atoms with Gasteiger partial charge < -0.3 is 15.2 Å². The molecule has 0 spiro atoms. The third-order valence-electron chi connectivity index (χ3n) is 3.03. The van der Waals surface area contributed by atoms with Gasteiger partial charge in [-0.15, -0.1) is 0 Å². The van der Waals surface area contributed by atoms with E-state index in [9.17, 15) is 4.79 Å². The number of carbonyl (C=O) groups is 1. The maximum Gasteiger partial charge on any atom is 0.315 e. The van der Waals surface area contributed by atoms with Crippen molar-refractivity contribution in [3.05, 3.63) is 29.5 Å². The molecule has 1 saturated carbocycles. The second-order valence-electron chi connectivity index (χ2n) is 4.73. The molecule has 2 amide bonds. The van der Waals surface area contributed by atoms with Gasteiger partial charge in [0.2, 0.25) is 0 Å². The Morgan fingerprint density at radius 3 is 3.11 bits per heavy atom. The van der Waals surface area contributed by atoms with E-state index in [0.29, 0.717) is 12.6 Å². The Kier molecular flexibility index (Phi) is 2.66. The minimum atomic E-state index is -0.138. The zero-order chi connectivity index (χ0) is 12.5. The number of benzene rings is 1. The molecular formula is C13H15N3O2. The van der Waals surface area contributed by atoms with Crippen LogP contribution in [0.5, 0.6) is 0 Å².